The van der Waals surface area contributed by atoms with E-state index in [1.165, 1.54) is 5.01 Å². The highest BCUT2D eigenvalue weighted by Crippen LogP contribution is 2.05. The first-order chi connectivity index (χ1) is 3.83. The van der Waals surface area contributed by atoms with Crippen molar-refractivity contribution in [3.63, 3.8) is 0 Å². The topological polar surface area (TPSA) is 41.9 Å². The van der Waals surface area contributed by atoms with E-state index in [9.17, 15) is 4.91 Å². The maximum atomic E-state index is 9.75. The van der Waals surface area contributed by atoms with Gasteiger partial charge in [0.2, 0.25) is 0 Å². The molecule has 0 amide bonds. The highest BCUT2D eigenvalue weighted by Gasteiger charge is 2.17. The second-order valence-corrected chi connectivity index (χ2v) is 1.88. The molecule has 0 bridgehead atoms. The summed E-state index contributed by atoms with van der Waals surface area (Å²) in [5.41, 5.74) is 0. The fourth-order valence-corrected chi connectivity index (χ4v) is 0.672. The lowest BCUT2D eigenvalue weighted by atomic mass is 10.4. The van der Waals surface area contributed by atoms with Gasteiger partial charge in [0.25, 0.3) is 0 Å². The third kappa shape index (κ3) is 0.949. The van der Waals surface area contributed by atoms with Gasteiger partial charge in [0.15, 0.2) is 0 Å². The van der Waals surface area contributed by atoms with Crippen LogP contribution >= 0.6 is 0 Å². The lowest BCUT2D eigenvalue weighted by molar-refractivity contribution is 0.0996. The Morgan fingerprint density at radius 2 is 2.62 bits per heavy atom. The van der Waals surface area contributed by atoms with E-state index in [1.54, 1.807) is 0 Å². The zero-order valence-electron chi connectivity index (χ0n) is 4.70. The first-order valence-electron chi connectivity index (χ1n) is 2.53. The van der Waals surface area contributed by atoms with E-state index in [-0.39, 0.29) is 6.10 Å². The van der Waals surface area contributed by atoms with Gasteiger partial charge >= 0.3 is 0 Å². The molecule has 0 aliphatic carbocycles. The van der Waals surface area contributed by atoms with Crippen molar-refractivity contribution in [3.05, 3.63) is 4.91 Å². The Kier molecular flexibility index (Phi) is 1.43. The van der Waals surface area contributed by atoms with Gasteiger partial charge in [-0.3, -0.25) is 0 Å². The van der Waals surface area contributed by atoms with Crippen LogP contribution in [-0.2, 0) is 4.74 Å². The SMILES string of the molecule is CC1CN(N=O)CO1. The molecule has 1 atom stereocenters. The summed E-state index contributed by atoms with van der Waals surface area (Å²) in [5, 5.41) is 4.05. The smallest absolute Gasteiger partial charge is 0.138 e. The quantitative estimate of drug-likeness (QED) is 0.464. The lowest BCUT2D eigenvalue weighted by Crippen LogP contribution is -2.12. The van der Waals surface area contributed by atoms with Crippen LogP contribution in [-0.4, -0.2) is 24.4 Å². The summed E-state index contributed by atoms with van der Waals surface area (Å²) in [6.45, 7) is 2.89. The van der Waals surface area contributed by atoms with Crippen molar-refractivity contribution in [3.8, 4) is 0 Å². The molecule has 0 aromatic rings. The maximum Gasteiger partial charge on any atom is 0.138 e. The van der Waals surface area contributed by atoms with Gasteiger partial charge in [-0.25, -0.2) is 5.01 Å². The third-order valence-electron chi connectivity index (χ3n) is 1.09. The Morgan fingerprint density at radius 1 is 1.88 bits per heavy atom. The summed E-state index contributed by atoms with van der Waals surface area (Å²) >= 11 is 0. The Balaban J connectivity index is 2.32. The van der Waals surface area contributed by atoms with Crippen molar-refractivity contribution in [1.82, 2.24) is 5.01 Å². The molecule has 4 heteroatoms. The van der Waals surface area contributed by atoms with Crippen LogP contribution in [0.25, 0.3) is 0 Å². The zero-order valence-corrected chi connectivity index (χ0v) is 4.70. The minimum absolute atomic E-state index is 0.160. The Morgan fingerprint density at radius 3 is 2.88 bits per heavy atom. The molecule has 0 radical (unpaired) electrons. The van der Waals surface area contributed by atoms with Crippen LogP contribution < -0.4 is 0 Å². The Bertz CT molecular complexity index is 96.0. The van der Waals surface area contributed by atoms with E-state index in [1.807, 2.05) is 6.92 Å². The van der Waals surface area contributed by atoms with E-state index >= 15 is 0 Å². The second-order valence-electron chi connectivity index (χ2n) is 1.88. The molecule has 1 aliphatic heterocycles. The van der Waals surface area contributed by atoms with Crippen LogP contribution in [0.4, 0.5) is 0 Å². The van der Waals surface area contributed by atoms with Crippen molar-refractivity contribution in [2.24, 2.45) is 5.29 Å². The summed E-state index contributed by atoms with van der Waals surface area (Å²) < 4.78 is 4.99. The van der Waals surface area contributed by atoms with Gasteiger partial charge in [-0.15, -0.1) is 4.91 Å². The normalized spacial score (nSPS) is 28.6. The maximum absolute atomic E-state index is 9.75. The van der Waals surface area contributed by atoms with E-state index in [0.29, 0.717) is 13.3 Å². The van der Waals surface area contributed by atoms with Gasteiger partial charge in [0, 0.05) is 0 Å². The molecule has 1 aliphatic rings. The fourth-order valence-electron chi connectivity index (χ4n) is 0.672. The first kappa shape index (κ1) is 5.50. The Hall–Kier alpha value is -0.640. The number of nitroso groups, excluding NO2 is 1. The molecule has 0 aromatic heterocycles. The van der Waals surface area contributed by atoms with Gasteiger partial charge < -0.3 is 4.74 Å². The van der Waals surface area contributed by atoms with Crippen molar-refractivity contribution in [2.75, 3.05) is 13.3 Å². The molecule has 1 saturated heterocycles. The van der Waals surface area contributed by atoms with Gasteiger partial charge in [-0.05, 0) is 6.92 Å². The van der Waals surface area contributed by atoms with Crippen LogP contribution in [0.3, 0.4) is 0 Å². The molecule has 1 unspecified atom stereocenters. The molecule has 0 N–H and O–H groups in total. The van der Waals surface area contributed by atoms with Crippen LogP contribution in [0.2, 0.25) is 0 Å². The van der Waals surface area contributed by atoms with Crippen molar-refractivity contribution in [1.29, 1.82) is 0 Å². The molecule has 1 rings (SSSR count). The van der Waals surface area contributed by atoms with E-state index in [0.717, 1.165) is 0 Å². The largest absolute Gasteiger partial charge is 0.355 e. The van der Waals surface area contributed by atoms with Gasteiger partial charge in [0.05, 0.1) is 17.9 Å². The van der Waals surface area contributed by atoms with Crippen molar-refractivity contribution >= 4 is 0 Å². The van der Waals surface area contributed by atoms with Crippen LogP contribution in [0.1, 0.15) is 6.92 Å². The summed E-state index contributed by atoms with van der Waals surface area (Å²) in [5.74, 6) is 0. The molecule has 0 aromatic carbocycles. The van der Waals surface area contributed by atoms with Crippen molar-refractivity contribution < 1.29 is 4.74 Å². The minimum Gasteiger partial charge on any atom is -0.355 e. The number of rotatable bonds is 1. The lowest BCUT2D eigenvalue weighted by Gasteiger charge is -1.98. The monoisotopic (exact) mass is 116 g/mol. The summed E-state index contributed by atoms with van der Waals surface area (Å²) in [4.78, 5) is 9.75. The highest BCUT2D eigenvalue weighted by atomic mass is 16.5. The fraction of sp³-hybridized carbons (Fsp3) is 1.00. The molecule has 0 saturated carbocycles. The minimum atomic E-state index is 0.160. The van der Waals surface area contributed by atoms with Crippen LogP contribution in [0, 0.1) is 4.91 Å². The molecule has 1 heterocycles. The van der Waals surface area contributed by atoms with Gasteiger partial charge in [0.1, 0.15) is 6.73 Å². The average molecular weight is 116 g/mol. The second kappa shape index (κ2) is 2.09. The average Bonchev–Trinajstić information content (AvgIpc) is 2.14. The Labute approximate surface area is 47.4 Å². The predicted molar refractivity (Wildman–Crippen MR) is 27.9 cm³/mol. The molecule has 0 spiro atoms. The predicted octanol–water partition coefficient (Wildman–Crippen LogP) is 0.346. The zero-order chi connectivity index (χ0) is 5.98. The summed E-state index contributed by atoms with van der Waals surface area (Å²) in [6, 6.07) is 0. The highest BCUT2D eigenvalue weighted by molar-refractivity contribution is 4.60. The number of ether oxygens (including phenoxy) is 1. The molecular weight excluding hydrogens is 108 g/mol. The number of nitrogens with zero attached hydrogens (tertiary/aromatic N) is 2. The van der Waals surface area contributed by atoms with E-state index in [4.69, 9.17) is 4.74 Å². The molecule has 8 heavy (non-hydrogen) atoms. The van der Waals surface area contributed by atoms with E-state index in [2.05, 4.69) is 5.29 Å². The number of hydrogen-bond donors (Lipinski definition) is 0. The van der Waals surface area contributed by atoms with E-state index < -0.39 is 0 Å². The first-order valence-corrected chi connectivity index (χ1v) is 2.53. The molecule has 4 nitrogen and oxygen atoms in total. The summed E-state index contributed by atoms with van der Waals surface area (Å²) in [6.07, 6.45) is 0.160. The van der Waals surface area contributed by atoms with Gasteiger partial charge in [-0.2, -0.15) is 0 Å². The summed E-state index contributed by atoms with van der Waals surface area (Å²) in [7, 11) is 0. The van der Waals surface area contributed by atoms with Crippen LogP contribution in [0.15, 0.2) is 5.29 Å². The van der Waals surface area contributed by atoms with Crippen molar-refractivity contribution in [2.45, 2.75) is 13.0 Å². The van der Waals surface area contributed by atoms with Gasteiger partial charge in [-0.1, -0.05) is 0 Å². The van der Waals surface area contributed by atoms with Crippen LogP contribution in [0.5, 0.6) is 0 Å². The standard InChI is InChI=1S/C4H8N2O2/c1-4-2-6(5-7)3-8-4/h4H,2-3H2,1H3. The molecule has 46 valence electrons. The third-order valence-corrected chi connectivity index (χ3v) is 1.09. The number of hydrogen-bond acceptors (Lipinski definition) is 3. The molecular formula is C4H8N2O2. The molecule has 1 fully saturated rings.